The van der Waals surface area contributed by atoms with Crippen molar-refractivity contribution in [1.29, 1.82) is 0 Å². The molecule has 3 rings (SSSR count). The summed E-state index contributed by atoms with van der Waals surface area (Å²) in [6.07, 6.45) is 4.51. The van der Waals surface area contributed by atoms with Crippen molar-refractivity contribution in [1.82, 2.24) is 15.2 Å². The van der Waals surface area contributed by atoms with Crippen LogP contribution < -0.4 is 14.8 Å². The molecule has 0 aliphatic heterocycles. The summed E-state index contributed by atoms with van der Waals surface area (Å²) in [7, 11) is 3.30. The van der Waals surface area contributed by atoms with Gasteiger partial charge in [-0.05, 0) is 32.3 Å². The number of benzene rings is 1. The van der Waals surface area contributed by atoms with Gasteiger partial charge >= 0.3 is 0 Å². The molecule has 0 saturated heterocycles. The number of hydrogen-bond acceptors (Lipinski definition) is 6. The van der Waals surface area contributed by atoms with Gasteiger partial charge in [-0.25, -0.2) is 4.98 Å². The molecule has 1 aromatic heterocycles. The Bertz CT molecular complexity index is 801. The third kappa shape index (κ3) is 5.04. The van der Waals surface area contributed by atoms with Crippen molar-refractivity contribution >= 4 is 5.91 Å². The minimum Gasteiger partial charge on any atom is -0.497 e. The molecule has 1 amide bonds. The highest BCUT2D eigenvalue weighted by molar-refractivity contribution is 5.92. The van der Waals surface area contributed by atoms with Gasteiger partial charge in [0.2, 0.25) is 5.89 Å². The Morgan fingerprint density at radius 1 is 1.32 bits per heavy atom. The maximum absolute atomic E-state index is 12.1. The van der Waals surface area contributed by atoms with E-state index in [4.69, 9.17) is 13.9 Å². The predicted octanol–water partition coefficient (Wildman–Crippen LogP) is 3.38. The molecule has 0 bridgehead atoms. The van der Waals surface area contributed by atoms with Crippen LogP contribution in [0.3, 0.4) is 0 Å². The van der Waals surface area contributed by atoms with E-state index in [0.717, 1.165) is 36.3 Å². The molecule has 0 spiro atoms. The molecule has 7 nitrogen and oxygen atoms in total. The molecule has 2 aromatic rings. The molecule has 1 aromatic carbocycles. The SMILES string of the molecule is CCC(C)N(Cc1nc(C(=O)NC2CC2)co1)Cc1ccc(OC)cc1OC. The predicted molar refractivity (Wildman–Crippen MR) is 106 cm³/mol. The van der Waals surface area contributed by atoms with Crippen molar-refractivity contribution in [3.63, 3.8) is 0 Å². The first kappa shape index (κ1) is 20.2. The second-order valence-corrected chi connectivity index (χ2v) is 7.21. The third-order valence-electron chi connectivity index (χ3n) is 5.12. The van der Waals surface area contributed by atoms with Gasteiger partial charge in [-0.2, -0.15) is 0 Å². The van der Waals surface area contributed by atoms with Gasteiger partial charge in [0.1, 0.15) is 17.8 Å². The van der Waals surface area contributed by atoms with E-state index in [1.54, 1.807) is 14.2 Å². The van der Waals surface area contributed by atoms with Crippen molar-refractivity contribution in [2.75, 3.05) is 14.2 Å². The monoisotopic (exact) mass is 387 g/mol. The number of carbonyl (C=O) groups excluding carboxylic acids is 1. The smallest absolute Gasteiger partial charge is 0.273 e. The Morgan fingerprint density at radius 2 is 2.11 bits per heavy atom. The van der Waals surface area contributed by atoms with Crippen LogP contribution in [0.5, 0.6) is 11.5 Å². The molecular weight excluding hydrogens is 358 g/mol. The van der Waals surface area contributed by atoms with Gasteiger partial charge in [0.15, 0.2) is 5.69 Å². The molecule has 1 heterocycles. The molecule has 0 radical (unpaired) electrons. The van der Waals surface area contributed by atoms with Crippen LogP contribution in [-0.2, 0) is 13.1 Å². The lowest BCUT2D eigenvalue weighted by atomic mass is 10.1. The first-order valence-electron chi connectivity index (χ1n) is 9.74. The summed E-state index contributed by atoms with van der Waals surface area (Å²) in [5.41, 5.74) is 1.40. The number of nitrogens with zero attached hydrogens (tertiary/aromatic N) is 2. The normalized spacial score (nSPS) is 14.8. The summed E-state index contributed by atoms with van der Waals surface area (Å²) < 4.78 is 16.4. The Labute approximate surface area is 166 Å². The zero-order valence-electron chi connectivity index (χ0n) is 17.0. The largest absolute Gasteiger partial charge is 0.497 e. The standard InChI is InChI=1S/C21H29N3O4/c1-5-14(2)24(11-15-6-9-17(26-3)10-19(15)27-4)12-20-23-18(13-28-20)21(25)22-16-7-8-16/h6,9-10,13-14,16H,5,7-8,11-12H2,1-4H3,(H,22,25). The summed E-state index contributed by atoms with van der Waals surface area (Å²) in [4.78, 5) is 18.8. The second kappa shape index (κ2) is 9.10. The van der Waals surface area contributed by atoms with Gasteiger partial charge < -0.3 is 19.2 Å². The van der Waals surface area contributed by atoms with Crippen LogP contribution in [0.25, 0.3) is 0 Å². The number of hydrogen-bond donors (Lipinski definition) is 1. The molecule has 152 valence electrons. The van der Waals surface area contributed by atoms with E-state index in [-0.39, 0.29) is 5.91 Å². The van der Waals surface area contributed by atoms with Crippen LogP contribution in [0.4, 0.5) is 0 Å². The molecule has 1 aliphatic carbocycles. The van der Waals surface area contributed by atoms with E-state index in [1.807, 2.05) is 18.2 Å². The van der Waals surface area contributed by atoms with Gasteiger partial charge in [0, 0.05) is 30.3 Å². The molecule has 28 heavy (non-hydrogen) atoms. The lowest BCUT2D eigenvalue weighted by molar-refractivity contribution is 0.0946. The van der Waals surface area contributed by atoms with Crippen molar-refractivity contribution in [3.05, 3.63) is 41.6 Å². The van der Waals surface area contributed by atoms with Crippen LogP contribution in [0.2, 0.25) is 0 Å². The van der Waals surface area contributed by atoms with Crippen LogP contribution >= 0.6 is 0 Å². The topological polar surface area (TPSA) is 76.8 Å². The summed E-state index contributed by atoms with van der Waals surface area (Å²) in [5.74, 6) is 1.91. The van der Waals surface area contributed by atoms with Crippen LogP contribution in [0.1, 0.15) is 55.1 Å². The summed E-state index contributed by atoms with van der Waals surface area (Å²) in [6.45, 7) is 5.50. The highest BCUT2D eigenvalue weighted by Crippen LogP contribution is 2.27. The molecule has 1 fully saturated rings. The number of carbonyl (C=O) groups is 1. The lowest BCUT2D eigenvalue weighted by Gasteiger charge is -2.27. The maximum Gasteiger partial charge on any atom is 0.273 e. The van der Waals surface area contributed by atoms with E-state index in [2.05, 4.69) is 29.0 Å². The highest BCUT2D eigenvalue weighted by atomic mass is 16.5. The minimum atomic E-state index is -0.163. The number of rotatable bonds is 10. The van der Waals surface area contributed by atoms with E-state index >= 15 is 0 Å². The molecular formula is C21H29N3O4. The molecule has 1 saturated carbocycles. The molecule has 1 unspecified atom stereocenters. The minimum absolute atomic E-state index is 0.163. The first-order valence-corrected chi connectivity index (χ1v) is 9.74. The molecule has 1 N–H and O–H groups in total. The van der Waals surface area contributed by atoms with Gasteiger partial charge in [-0.3, -0.25) is 9.69 Å². The van der Waals surface area contributed by atoms with Crippen LogP contribution in [0.15, 0.2) is 28.9 Å². The van der Waals surface area contributed by atoms with Gasteiger partial charge in [0.05, 0.1) is 20.8 Å². The zero-order chi connectivity index (χ0) is 20.1. The van der Waals surface area contributed by atoms with Crippen LogP contribution in [0, 0.1) is 0 Å². The number of methoxy groups -OCH3 is 2. The summed E-state index contributed by atoms with van der Waals surface area (Å²) in [6, 6.07) is 6.43. The number of aromatic nitrogens is 1. The molecule has 1 atom stereocenters. The number of nitrogens with one attached hydrogen (secondary N) is 1. The quantitative estimate of drug-likeness (QED) is 0.673. The lowest BCUT2D eigenvalue weighted by Crippen LogP contribution is -2.32. The fraction of sp³-hybridized carbons (Fsp3) is 0.524. The Hall–Kier alpha value is -2.54. The number of ether oxygens (including phenoxy) is 2. The van der Waals surface area contributed by atoms with Crippen molar-refractivity contribution in [2.45, 2.75) is 58.3 Å². The third-order valence-corrected chi connectivity index (χ3v) is 5.12. The molecule has 7 heteroatoms. The summed E-state index contributed by atoms with van der Waals surface area (Å²) >= 11 is 0. The zero-order valence-corrected chi connectivity index (χ0v) is 17.0. The fourth-order valence-electron chi connectivity index (χ4n) is 2.98. The van der Waals surface area contributed by atoms with Gasteiger partial charge in [-0.1, -0.05) is 13.0 Å². The average Bonchev–Trinajstić information content (AvgIpc) is 3.40. The maximum atomic E-state index is 12.1. The Morgan fingerprint density at radius 3 is 2.75 bits per heavy atom. The van der Waals surface area contributed by atoms with Gasteiger partial charge in [0.25, 0.3) is 5.91 Å². The average molecular weight is 387 g/mol. The van der Waals surface area contributed by atoms with Crippen LogP contribution in [-0.4, -0.2) is 42.1 Å². The summed E-state index contributed by atoms with van der Waals surface area (Å²) in [5, 5.41) is 2.93. The van der Waals surface area contributed by atoms with E-state index in [9.17, 15) is 4.79 Å². The Kier molecular flexibility index (Phi) is 6.57. The van der Waals surface area contributed by atoms with Crippen molar-refractivity contribution in [2.24, 2.45) is 0 Å². The van der Waals surface area contributed by atoms with E-state index in [1.165, 1.54) is 6.26 Å². The number of oxazole rings is 1. The molecule has 1 aliphatic rings. The second-order valence-electron chi connectivity index (χ2n) is 7.21. The van der Waals surface area contributed by atoms with E-state index < -0.39 is 0 Å². The highest BCUT2D eigenvalue weighted by Gasteiger charge is 2.26. The Balaban J connectivity index is 1.72. The first-order chi connectivity index (χ1) is 13.5. The van der Waals surface area contributed by atoms with Crippen molar-refractivity contribution < 1.29 is 18.7 Å². The fourth-order valence-corrected chi connectivity index (χ4v) is 2.98. The number of amides is 1. The van der Waals surface area contributed by atoms with Gasteiger partial charge in [-0.15, -0.1) is 0 Å². The van der Waals surface area contributed by atoms with E-state index in [0.29, 0.717) is 36.8 Å². The van der Waals surface area contributed by atoms with Crippen molar-refractivity contribution in [3.8, 4) is 11.5 Å².